The Morgan fingerprint density at radius 2 is 2.19 bits per heavy atom. The summed E-state index contributed by atoms with van der Waals surface area (Å²) in [5.74, 6) is -0.343. The minimum Gasteiger partial charge on any atom is -0.368 e. The number of aromatic amines is 1. The second-order valence-electron chi connectivity index (χ2n) is 6.73. The molecule has 0 radical (unpaired) electrons. The van der Waals surface area contributed by atoms with E-state index in [4.69, 9.17) is 17.3 Å². The van der Waals surface area contributed by atoms with Crippen molar-refractivity contribution in [3.05, 3.63) is 41.2 Å². The summed E-state index contributed by atoms with van der Waals surface area (Å²) in [6.07, 6.45) is 8.32. The summed E-state index contributed by atoms with van der Waals surface area (Å²) in [5, 5.41) is 4.19. The van der Waals surface area contributed by atoms with Crippen molar-refractivity contribution < 1.29 is 4.79 Å². The number of carbonyl (C=O) groups is 1. The molecule has 3 aromatic heterocycles. The highest BCUT2D eigenvalue weighted by atomic mass is 35.5. The Kier molecular flexibility index (Phi) is 4.67. The van der Waals surface area contributed by atoms with E-state index in [1.54, 1.807) is 18.6 Å². The van der Waals surface area contributed by atoms with E-state index in [2.05, 4.69) is 30.2 Å². The van der Waals surface area contributed by atoms with Crippen LogP contribution >= 0.6 is 11.6 Å². The molecule has 0 aliphatic carbocycles. The number of aryl methyl sites for hydroxylation is 1. The van der Waals surface area contributed by atoms with Gasteiger partial charge >= 0.3 is 0 Å². The number of hydrogen-bond acceptors (Lipinski definition) is 6. The fourth-order valence-electron chi connectivity index (χ4n) is 3.37. The topological polar surface area (TPSA) is 113 Å². The Hall–Kier alpha value is -2.71. The van der Waals surface area contributed by atoms with Gasteiger partial charge in [0.15, 0.2) is 0 Å². The first-order valence-electron chi connectivity index (χ1n) is 8.79. The molecule has 4 heterocycles. The second kappa shape index (κ2) is 7.13. The number of nitrogens with one attached hydrogen (secondary N) is 2. The lowest BCUT2D eigenvalue weighted by Crippen LogP contribution is -2.43. The number of amides is 1. The van der Waals surface area contributed by atoms with Crippen LogP contribution in [0.25, 0.3) is 11.0 Å². The predicted molar refractivity (Wildman–Crippen MR) is 105 cm³/mol. The van der Waals surface area contributed by atoms with Gasteiger partial charge in [0, 0.05) is 31.5 Å². The Balaban J connectivity index is 1.72. The Morgan fingerprint density at radius 1 is 1.33 bits per heavy atom. The molecule has 1 aliphatic rings. The molecular formula is C18H20ClN7O. The van der Waals surface area contributed by atoms with Gasteiger partial charge < -0.3 is 20.9 Å². The van der Waals surface area contributed by atoms with Crippen LogP contribution in [0.15, 0.2) is 24.8 Å². The van der Waals surface area contributed by atoms with Crippen LogP contribution in [0.2, 0.25) is 5.02 Å². The minimum absolute atomic E-state index is 0.0952. The van der Waals surface area contributed by atoms with E-state index in [-0.39, 0.29) is 17.6 Å². The average molecular weight is 386 g/mol. The van der Waals surface area contributed by atoms with E-state index in [0.717, 1.165) is 36.2 Å². The zero-order valence-corrected chi connectivity index (χ0v) is 15.6. The van der Waals surface area contributed by atoms with Gasteiger partial charge in [0.1, 0.15) is 11.3 Å². The van der Waals surface area contributed by atoms with Crippen LogP contribution in [0.4, 0.5) is 11.4 Å². The molecule has 1 atom stereocenters. The number of nitrogens with zero attached hydrogens (tertiary/aromatic N) is 4. The Morgan fingerprint density at radius 3 is 2.93 bits per heavy atom. The molecule has 4 rings (SSSR count). The van der Waals surface area contributed by atoms with Gasteiger partial charge in [0.2, 0.25) is 0 Å². The number of piperidine rings is 1. The summed E-state index contributed by atoms with van der Waals surface area (Å²) in [6.45, 7) is 3.38. The fourth-order valence-corrected chi connectivity index (χ4v) is 3.64. The SMILES string of the molecule is Cc1cnc(C(=O)Nc2c[nH]c3ncc(Cl)c(N4CCC[C@@H](N)C4)c23)cn1. The standard InChI is InChI=1S/C18H20ClN7O/c1-10-5-22-14(8-21-10)18(27)25-13-7-24-17-15(13)16(12(19)6-23-17)26-4-2-3-11(20)9-26/h5-8,11H,2-4,9,20H2,1H3,(H,23,24)(H,25,27)/t11-/m1/s1. The van der Waals surface area contributed by atoms with E-state index in [1.807, 2.05) is 6.92 Å². The van der Waals surface area contributed by atoms with E-state index < -0.39 is 0 Å². The summed E-state index contributed by atoms with van der Waals surface area (Å²) in [4.78, 5) is 30.4. The van der Waals surface area contributed by atoms with Crippen LogP contribution in [0.1, 0.15) is 29.0 Å². The lowest BCUT2D eigenvalue weighted by atomic mass is 10.1. The minimum atomic E-state index is -0.343. The van der Waals surface area contributed by atoms with Crippen LogP contribution in [0.5, 0.6) is 0 Å². The molecule has 1 aliphatic heterocycles. The first kappa shape index (κ1) is 17.7. The zero-order valence-electron chi connectivity index (χ0n) is 14.9. The van der Waals surface area contributed by atoms with Gasteiger partial charge in [-0.3, -0.25) is 9.78 Å². The highest BCUT2D eigenvalue weighted by Crippen LogP contribution is 2.38. The van der Waals surface area contributed by atoms with Crippen molar-refractivity contribution in [3.63, 3.8) is 0 Å². The maximum atomic E-state index is 12.6. The molecular weight excluding hydrogens is 366 g/mol. The first-order valence-corrected chi connectivity index (χ1v) is 9.17. The number of anilines is 2. The summed E-state index contributed by atoms with van der Waals surface area (Å²) in [6, 6.07) is 0.0952. The summed E-state index contributed by atoms with van der Waals surface area (Å²) >= 11 is 6.49. The molecule has 27 heavy (non-hydrogen) atoms. The number of rotatable bonds is 3. The predicted octanol–water partition coefficient (Wildman–Crippen LogP) is 2.49. The van der Waals surface area contributed by atoms with Crippen LogP contribution < -0.4 is 16.0 Å². The van der Waals surface area contributed by atoms with Gasteiger partial charge in [-0.15, -0.1) is 0 Å². The molecule has 0 saturated carbocycles. The molecule has 3 aromatic rings. The van der Waals surface area contributed by atoms with Crippen LogP contribution in [0.3, 0.4) is 0 Å². The van der Waals surface area contributed by atoms with E-state index in [0.29, 0.717) is 22.9 Å². The van der Waals surface area contributed by atoms with Crippen molar-refractivity contribution in [1.82, 2.24) is 19.9 Å². The molecule has 140 valence electrons. The second-order valence-corrected chi connectivity index (χ2v) is 7.13. The quantitative estimate of drug-likeness (QED) is 0.638. The molecule has 4 N–H and O–H groups in total. The largest absolute Gasteiger partial charge is 0.368 e. The number of H-pyrrole nitrogens is 1. The first-order chi connectivity index (χ1) is 13.0. The van der Waals surface area contributed by atoms with E-state index >= 15 is 0 Å². The Bertz CT molecular complexity index is 985. The molecule has 1 fully saturated rings. The molecule has 0 aromatic carbocycles. The summed E-state index contributed by atoms with van der Waals surface area (Å²) < 4.78 is 0. The number of halogens is 1. The summed E-state index contributed by atoms with van der Waals surface area (Å²) in [7, 11) is 0. The third-order valence-electron chi connectivity index (χ3n) is 4.67. The van der Waals surface area contributed by atoms with Crippen molar-refractivity contribution in [1.29, 1.82) is 0 Å². The van der Waals surface area contributed by atoms with Crippen molar-refractivity contribution in [2.45, 2.75) is 25.8 Å². The summed E-state index contributed by atoms with van der Waals surface area (Å²) in [5.41, 5.74) is 9.22. The molecule has 1 saturated heterocycles. The van der Waals surface area contributed by atoms with Gasteiger partial charge in [-0.2, -0.15) is 0 Å². The lowest BCUT2D eigenvalue weighted by Gasteiger charge is -2.33. The van der Waals surface area contributed by atoms with Crippen molar-refractivity contribution >= 4 is 39.9 Å². The van der Waals surface area contributed by atoms with Crippen molar-refractivity contribution in [2.24, 2.45) is 5.73 Å². The maximum absolute atomic E-state index is 12.6. The lowest BCUT2D eigenvalue weighted by molar-refractivity contribution is 0.102. The third kappa shape index (κ3) is 3.45. The smallest absolute Gasteiger partial charge is 0.275 e. The van der Waals surface area contributed by atoms with Crippen LogP contribution in [0, 0.1) is 6.92 Å². The third-order valence-corrected chi connectivity index (χ3v) is 4.94. The fraction of sp³-hybridized carbons (Fsp3) is 0.333. The van der Waals surface area contributed by atoms with Crippen LogP contribution in [-0.4, -0.2) is 45.0 Å². The van der Waals surface area contributed by atoms with E-state index in [9.17, 15) is 4.79 Å². The zero-order chi connectivity index (χ0) is 19.0. The maximum Gasteiger partial charge on any atom is 0.275 e. The van der Waals surface area contributed by atoms with Crippen molar-refractivity contribution in [2.75, 3.05) is 23.3 Å². The van der Waals surface area contributed by atoms with Gasteiger partial charge in [0.25, 0.3) is 5.91 Å². The number of nitrogens with two attached hydrogens (primary N) is 1. The number of aromatic nitrogens is 4. The highest BCUT2D eigenvalue weighted by Gasteiger charge is 2.24. The normalized spacial score (nSPS) is 17.3. The van der Waals surface area contributed by atoms with Gasteiger partial charge in [0.05, 0.1) is 39.9 Å². The number of carbonyl (C=O) groups excluding carboxylic acids is 1. The van der Waals surface area contributed by atoms with Gasteiger partial charge in [-0.1, -0.05) is 11.6 Å². The van der Waals surface area contributed by atoms with Gasteiger partial charge in [-0.05, 0) is 19.8 Å². The molecule has 0 bridgehead atoms. The Labute approximate surface area is 161 Å². The molecule has 0 spiro atoms. The number of pyridine rings is 1. The monoisotopic (exact) mass is 385 g/mol. The van der Waals surface area contributed by atoms with Gasteiger partial charge in [-0.25, -0.2) is 9.97 Å². The molecule has 8 nitrogen and oxygen atoms in total. The number of fused-ring (bicyclic) bond motifs is 1. The van der Waals surface area contributed by atoms with E-state index in [1.165, 1.54) is 6.20 Å². The molecule has 1 amide bonds. The molecule has 0 unspecified atom stereocenters. The van der Waals surface area contributed by atoms with Crippen molar-refractivity contribution in [3.8, 4) is 0 Å². The highest BCUT2D eigenvalue weighted by molar-refractivity contribution is 6.35. The molecule has 9 heteroatoms. The average Bonchev–Trinajstić information content (AvgIpc) is 3.05. The van der Waals surface area contributed by atoms with Crippen LogP contribution in [-0.2, 0) is 0 Å². The number of hydrogen-bond donors (Lipinski definition) is 3.